The third-order valence-corrected chi connectivity index (χ3v) is 5.06. The third kappa shape index (κ3) is 3.13. The first kappa shape index (κ1) is 14.6. The average Bonchev–Trinajstić information content (AvgIpc) is 2.48. The Labute approximate surface area is 127 Å². The quantitative estimate of drug-likeness (QED) is 0.906. The first-order valence-electron chi connectivity index (χ1n) is 8.26. The predicted molar refractivity (Wildman–Crippen MR) is 85.3 cm³/mol. The number of hydrogen-bond acceptors (Lipinski definition) is 2. The van der Waals surface area contributed by atoms with Gasteiger partial charge in [-0.15, -0.1) is 0 Å². The first-order valence-corrected chi connectivity index (χ1v) is 8.26. The van der Waals surface area contributed by atoms with Crippen molar-refractivity contribution < 1.29 is 4.79 Å². The summed E-state index contributed by atoms with van der Waals surface area (Å²) < 4.78 is 0. The summed E-state index contributed by atoms with van der Waals surface area (Å²) in [6.45, 7) is 4.86. The van der Waals surface area contributed by atoms with E-state index < -0.39 is 0 Å². The molecule has 1 spiro atoms. The summed E-state index contributed by atoms with van der Waals surface area (Å²) in [5.74, 6) is 0.309. The van der Waals surface area contributed by atoms with Crippen molar-refractivity contribution in [3.05, 3.63) is 35.4 Å². The van der Waals surface area contributed by atoms with Crippen molar-refractivity contribution in [1.82, 2.24) is 10.2 Å². The van der Waals surface area contributed by atoms with Crippen LogP contribution in [0.4, 0.5) is 0 Å². The molecule has 1 N–H and O–H groups in total. The second kappa shape index (κ2) is 6.18. The molecule has 2 fully saturated rings. The monoisotopic (exact) mass is 286 g/mol. The van der Waals surface area contributed by atoms with Crippen molar-refractivity contribution in [3.8, 4) is 0 Å². The van der Waals surface area contributed by atoms with Gasteiger partial charge in [0, 0.05) is 19.6 Å². The Kier molecular flexibility index (Phi) is 4.29. The third-order valence-electron chi connectivity index (χ3n) is 5.06. The zero-order chi connectivity index (χ0) is 14.7. The van der Waals surface area contributed by atoms with Crippen LogP contribution in [-0.4, -0.2) is 36.0 Å². The van der Waals surface area contributed by atoms with Gasteiger partial charge in [-0.25, -0.2) is 0 Å². The second-order valence-corrected chi connectivity index (χ2v) is 6.67. The van der Waals surface area contributed by atoms with Crippen molar-refractivity contribution in [3.63, 3.8) is 0 Å². The van der Waals surface area contributed by atoms with Crippen molar-refractivity contribution in [1.29, 1.82) is 0 Å². The molecule has 3 rings (SSSR count). The maximum atomic E-state index is 12.9. The normalized spacial score (nSPS) is 21.5. The van der Waals surface area contributed by atoms with Crippen LogP contribution in [0.5, 0.6) is 0 Å². The molecule has 1 aliphatic carbocycles. The summed E-state index contributed by atoms with van der Waals surface area (Å²) in [5, 5.41) is 3.51. The van der Waals surface area contributed by atoms with E-state index in [2.05, 4.69) is 35.3 Å². The largest absolute Gasteiger partial charge is 0.334 e. The molecule has 1 saturated heterocycles. The standard InChI is InChI=1S/C18H26N2O/c1-15-6-5-7-16(12-15)13-17(21)20-11-10-19-14-18(20)8-3-2-4-9-18/h5-7,12,19H,2-4,8-11,13-14H2,1H3. The Morgan fingerprint density at radius 2 is 2.10 bits per heavy atom. The lowest BCUT2D eigenvalue weighted by molar-refractivity contribution is -0.140. The highest BCUT2D eigenvalue weighted by atomic mass is 16.2. The number of hydrogen-bond donors (Lipinski definition) is 1. The smallest absolute Gasteiger partial charge is 0.227 e. The number of nitrogens with one attached hydrogen (secondary N) is 1. The van der Waals surface area contributed by atoms with Crippen LogP contribution >= 0.6 is 0 Å². The van der Waals surface area contributed by atoms with Gasteiger partial charge in [-0.1, -0.05) is 49.1 Å². The Morgan fingerprint density at radius 1 is 1.29 bits per heavy atom. The van der Waals surface area contributed by atoms with Gasteiger partial charge in [0.1, 0.15) is 0 Å². The van der Waals surface area contributed by atoms with Gasteiger partial charge in [0.15, 0.2) is 0 Å². The van der Waals surface area contributed by atoms with E-state index in [9.17, 15) is 4.79 Å². The fourth-order valence-corrected chi connectivity index (χ4v) is 3.98. The number of nitrogens with zero attached hydrogens (tertiary/aromatic N) is 1. The second-order valence-electron chi connectivity index (χ2n) is 6.67. The number of rotatable bonds is 2. The maximum absolute atomic E-state index is 12.9. The molecule has 1 saturated carbocycles. The van der Waals surface area contributed by atoms with E-state index in [0.717, 1.165) is 25.2 Å². The van der Waals surface area contributed by atoms with Gasteiger partial charge in [-0.3, -0.25) is 4.79 Å². The van der Waals surface area contributed by atoms with Crippen molar-refractivity contribution in [2.45, 2.75) is 51.0 Å². The molecule has 0 aromatic heterocycles. The Bertz CT molecular complexity index is 497. The zero-order valence-electron chi connectivity index (χ0n) is 13.0. The van der Waals surface area contributed by atoms with Crippen LogP contribution < -0.4 is 5.32 Å². The number of piperazine rings is 1. The number of aryl methyl sites for hydroxylation is 1. The Balaban J connectivity index is 1.75. The molecule has 114 valence electrons. The Morgan fingerprint density at radius 3 is 2.86 bits per heavy atom. The van der Waals surface area contributed by atoms with Crippen LogP contribution in [0, 0.1) is 6.92 Å². The lowest BCUT2D eigenvalue weighted by Gasteiger charge is -2.50. The highest BCUT2D eigenvalue weighted by Gasteiger charge is 2.41. The van der Waals surface area contributed by atoms with Gasteiger partial charge in [-0.2, -0.15) is 0 Å². The fourth-order valence-electron chi connectivity index (χ4n) is 3.98. The SMILES string of the molecule is Cc1cccc(CC(=O)N2CCNCC23CCCCC3)c1. The summed E-state index contributed by atoms with van der Waals surface area (Å²) in [7, 11) is 0. The lowest BCUT2D eigenvalue weighted by Crippen LogP contribution is -2.63. The summed E-state index contributed by atoms with van der Waals surface area (Å²) in [6.07, 6.45) is 6.72. The molecule has 0 radical (unpaired) electrons. The number of carbonyl (C=O) groups excluding carboxylic acids is 1. The summed E-state index contributed by atoms with van der Waals surface area (Å²) in [4.78, 5) is 15.0. The van der Waals surface area contributed by atoms with E-state index in [0.29, 0.717) is 12.3 Å². The van der Waals surface area contributed by atoms with Crippen LogP contribution in [0.3, 0.4) is 0 Å². The summed E-state index contributed by atoms with van der Waals surface area (Å²) >= 11 is 0. The molecule has 3 heteroatoms. The molecule has 1 aromatic carbocycles. The van der Waals surface area contributed by atoms with E-state index in [1.165, 1.54) is 37.7 Å². The maximum Gasteiger partial charge on any atom is 0.227 e. The average molecular weight is 286 g/mol. The van der Waals surface area contributed by atoms with Gasteiger partial charge in [0.25, 0.3) is 0 Å². The number of benzene rings is 1. The molecule has 0 atom stereocenters. The van der Waals surface area contributed by atoms with Gasteiger partial charge >= 0.3 is 0 Å². The summed E-state index contributed by atoms with van der Waals surface area (Å²) in [6, 6.07) is 8.34. The predicted octanol–water partition coefficient (Wildman–Crippen LogP) is 2.67. The van der Waals surface area contributed by atoms with E-state index in [4.69, 9.17) is 0 Å². The highest BCUT2D eigenvalue weighted by molar-refractivity contribution is 5.80. The summed E-state index contributed by atoms with van der Waals surface area (Å²) in [5.41, 5.74) is 2.47. The van der Waals surface area contributed by atoms with E-state index >= 15 is 0 Å². The molecular weight excluding hydrogens is 260 g/mol. The van der Waals surface area contributed by atoms with Gasteiger partial charge in [0.05, 0.1) is 12.0 Å². The molecule has 2 aliphatic rings. The first-order chi connectivity index (χ1) is 10.2. The molecule has 0 bridgehead atoms. The molecular formula is C18H26N2O. The molecule has 1 amide bonds. The van der Waals surface area contributed by atoms with E-state index in [-0.39, 0.29) is 5.54 Å². The Hall–Kier alpha value is -1.35. The van der Waals surface area contributed by atoms with Crippen LogP contribution in [0.1, 0.15) is 43.2 Å². The molecule has 1 aromatic rings. The van der Waals surface area contributed by atoms with Crippen LogP contribution in [0.2, 0.25) is 0 Å². The molecule has 0 unspecified atom stereocenters. The van der Waals surface area contributed by atoms with Crippen LogP contribution in [0.15, 0.2) is 24.3 Å². The van der Waals surface area contributed by atoms with Crippen molar-refractivity contribution >= 4 is 5.91 Å². The molecule has 1 aliphatic heterocycles. The fraction of sp³-hybridized carbons (Fsp3) is 0.611. The van der Waals surface area contributed by atoms with Crippen LogP contribution in [0.25, 0.3) is 0 Å². The topological polar surface area (TPSA) is 32.3 Å². The molecule has 3 nitrogen and oxygen atoms in total. The van der Waals surface area contributed by atoms with Crippen molar-refractivity contribution in [2.24, 2.45) is 0 Å². The minimum absolute atomic E-state index is 0.0947. The number of carbonyl (C=O) groups is 1. The number of amides is 1. The highest BCUT2D eigenvalue weighted by Crippen LogP contribution is 2.35. The van der Waals surface area contributed by atoms with Crippen LogP contribution in [-0.2, 0) is 11.2 Å². The van der Waals surface area contributed by atoms with Gasteiger partial charge < -0.3 is 10.2 Å². The lowest BCUT2D eigenvalue weighted by atomic mass is 9.78. The zero-order valence-corrected chi connectivity index (χ0v) is 13.0. The molecule has 1 heterocycles. The van der Waals surface area contributed by atoms with Gasteiger partial charge in [0.2, 0.25) is 5.91 Å². The van der Waals surface area contributed by atoms with Crippen molar-refractivity contribution in [2.75, 3.05) is 19.6 Å². The van der Waals surface area contributed by atoms with E-state index in [1.54, 1.807) is 0 Å². The minimum atomic E-state index is 0.0947. The van der Waals surface area contributed by atoms with E-state index in [1.807, 2.05) is 6.07 Å². The van der Waals surface area contributed by atoms with Gasteiger partial charge in [-0.05, 0) is 25.3 Å². The molecule has 21 heavy (non-hydrogen) atoms. The minimum Gasteiger partial charge on any atom is -0.334 e.